The Morgan fingerprint density at radius 3 is 2.47 bits per heavy atom. The summed E-state index contributed by atoms with van der Waals surface area (Å²) in [5.41, 5.74) is 1.12. The fourth-order valence-electron chi connectivity index (χ4n) is 1.17. The predicted octanol–water partition coefficient (Wildman–Crippen LogP) is 4.52. The third-order valence-corrected chi connectivity index (χ3v) is 2.52. The second kappa shape index (κ2) is 5.83. The van der Waals surface area contributed by atoms with Crippen LogP contribution in [0.2, 0.25) is 0 Å². The van der Waals surface area contributed by atoms with Crippen LogP contribution in [0.5, 0.6) is 5.75 Å². The number of hydrogen-bond donors (Lipinski definition) is 0. The van der Waals surface area contributed by atoms with Gasteiger partial charge in [0.15, 0.2) is 3.79 Å². The van der Waals surface area contributed by atoms with Gasteiger partial charge in [-0.2, -0.15) is 0 Å². The number of aryl methyl sites for hydroxylation is 1. The first-order valence-corrected chi connectivity index (χ1v) is 5.87. The maximum Gasteiger partial charge on any atom is 0.190 e. The topological polar surface area (TPSA) is 9.23 Å². The lowest BCUT2D eigenvalue weighted by atomic mass is 10.2. The van der Waals surface area contributed by atoms with Crippen molar-refractivity contribution in [1.82, 2.24) is 0 Å². The molecule has 0 atom stereocenters. The van der Waals surface area contributed by atoms with Crippen LogP contribution in [-0.4, -0.2) is 10.4 Å². The van der Waals surface area contributed by atoms with Crippen molar-refractivity contribution in [1.29, 1.82) is 0 Å². The minimum absolute atomic E-state index is 0.504. The Morgan fingerprint density at radius 1 is 1.20 bits per heavy atom. The summed E-state index contributed by atoms with van der Waals surface area (Å²) in [6.07, 6.45) is 1.23. The summed E-state index contributed by atoms with van der Waals surface area (Å²) in [5, 5.41) is 0. The molecule has 0 aromatic heterocycles. The van der Waals surface area contributed by atoms with E-state index in [9.17, 15) is 0 Å². The van der Waals surface area contributed by atoms with Gasteiger partial charge in [-0.1, -0.05) is 53.0 Å². The van der Waals surface area contributed by atoms with Crippen molar-refractivity contribution in [3.05, 3.63) is 29.8 Å². The summed E-state index contributed by atoms with van der Waals surface area (Å²) in [7, 11) is 0. The molecule has 0 radical (unpaired) electrons. The highest BCUT2D eigenvalue weighted by atomic mass is 35.6. The second-order valence-corrected chi connectivity index (χ2v) is 5.85. The van der Waals surface area contributed by atoms with Gasteiger partial charge in [0.25, 0.3) is 0 Å². The van der Waals surface area contributed by atoms with Gasteiger partial charge < -0.3 is 4.74 Å². The minimum atomic E-state index is -1.17. The van der Waals surface area contributed by atoms with Crippen molar-refractivity contribution in [2.75, 3.05) is 6.61 Å². The van der Waals surface area contributed by atoms with E-state index in [4.69, 9.17) is 39.5 Å². The molecule has 1 aromatic carbocycles. The molecule has 0 aliphatic carbocycles. The summed E-state index contributed by atoms with van der Waals surface area (Å²) in [6.45, 7) is 2.57. The molecule has 1 rings (SSSR count). The number of alkyl halides is 3. The Morgan fingerprint density at radius 2 is 1.87 bits per heavy atom. The van der Waals surface area contributed by atoms with Crippen LogP contribution >= 0.6 is 34.8 Å². The van der Waals surface area contributed by atoms with Crippen LogP contribution in [0, 0.1) is 6.92 Å². The molecule has 4 heteroatoms. The lowest BCUT2D eigenvalue weighted by Gasteiger charge is -2.12. The van der Waals surface area contributed by atoms with Gasteiger partial charge in [-0.05, 0) is 31.4 Å². The first kappa shape index (κ1) is 13.0. The van der Waals surface area contributed by atoms with Gasteiger partial charge in [0.2, 0.25) is 0 Å². The zero-order chi connectivity index (χ0) is 11.3. The number of rotatable bonds is 4. The van der Waals surface area contributed by atoms with Crippen LogP contribution in [0.15, 0.2) is 24.3 Å². The highest BCUT2D eigenvalue weighted by Gasteiger charge is 2.18. The Balaban J connectivity index is 2.30. The van der Waals surface area contributed by atoms with Gasteiger partial charge in [0.1, 0.15) is 5.75 Å². The van der Waals surface area contributed by atoms with Gasteiger partial charge in [-0.15, -0.1) is 0 Å². The summed E-state index contributed by atoms with van der Waals surface area (Å²) >= 11 is 16.9. The standard InChI is InChI=1S/C11H13Cl3O/c1-9-5-2-3-6-10(9)15-8-4-7-11(12,13)14/h2-3,5-6H,4,7-8H2,1H3. The number of halogens is 3. The van der Waals surface area contributed by atoms with E-state index in [-0.39, 0.29) is 0 Å². The van der Waals surface area contributed by atoms with E-state index in [2.05, 4.69) is 0 Å². The zero-order valence-electron chi connectivity index (χ0n) is 8.47. The van der Waals surface area contributed by atoms with Crippen LogP contribution in [-0.2, 0) is 0 Å². The lowest BCUT2D eigenvalue weighted by molar-refractivity contribution is 0.305. The molecule has 0 amide bonds. The molecule has 0 unspecified atom stereocenters. The van der Waals surface area contributed by atoms with E-state index in [0.29, 0.717) is 13.0 Å². The smallest absolute Gasteiger partial charge is 0.190 e. The van der Waals surface area contributed by atoms with E-state index in [1.165, 1.54) is 0 Å². The fraction of sp³-hybridized carbons (Fsp3) is 0.455. The van der Waals surface area contributed by atoms with E-state index < -0.39 is 3.79 Å². The van der Waals surface area contributed by atoms with Gasteiger partial charge in [0.05, 0.1) is 6.61 Å². The maximum atomic E-state index is 5.62. The monoisotopic (exact) mass is 266 g/mol. The van der Waals surface area contributed by atoms with E-state index >= 15 is 0 Å². The van der Waals surface area contributed by atoms with Crippen LogP contribution < -0.4 is 4.74 Å². The molecule has 0 fully saturated rings. The predicted molar refractivity (Wildman–Crippen MR) is 66.2 cm³/mol. The Bertz CT molecular complexity index is 307. The highest BCUT2D eigenvalue weighted by molar-refractivity contribution is 6.67. The fourth-order valence-corrected chi connectivity index (χ4v) is 1.57. The molecule has 0 saturated carbocycles. The Labute approximate surface area is 105 Å². The van der Waals surface area contributed by atoms with Gasteiger partial charge >= 0.3 is 0 Å². The molecule has 0 aliphatic rings. The summed E-state index contributed by atoms with van der Waals surface area (Å²) < 4.78 is 4.38. The van der Waals surface area contributed by atoms with Gasteiger partial charge in [0, 0.05) is 0 Å². The largest absolute Gasteiger partial charge is 0.493 e. The summed E-state index contributed by atoms with van der Waals surface area (Å²) in [6, 6.07) is 7.86. The van der Waals surface area contributed by atoms with Crippen LogP contribution in [0.25, 0.3) is 0 Å². The number of benzene rings is 1. The van der Waals surface area contributed by atoms with Gasteiger partial charge in [-0.3, -0.25) is 0 Å². The van der Waals surface area contributed by atoms with Crippen LogP contribution in [0.1, 0.15) is 18.4 Å². The van der Waals surface area contributed by atoms with Gasteiger partial charge in [-0.25, -0.2) is 0 Å². The molecule has 0 aliphatic heterocycles. The molecule has 1 aromatic rings. The van der Waals surface area contributed by atoms with Crippen LogP contribution in [0.3, 0.4) is 0 Å². The third kappa shape index (κ3) is 5.50. The quantitative estimate of drug-likeness (QED) is 0.575. The van der Waals surface area contributed by atoms with E-state index in [1.54, 1.807) is 0 Å². The second-order valence-electron chi connectivity index (χ2n) is 3.33. The van der Waals surface area contributed by atoms with Crippen molar-refractivity contribution < 1.29 is 4.74 Å². The first-order valence-electron chi connectivity index (χ1n) is 4.74. The first-order chi connectivity index (χ1) is 6.99. The third-order valence-electron chi connectivity index (χ3n) is 1.96. The molecule has 0 bridgehead atoms. The average Bonchev–Trinajstić information content (AvgIpc) is 2.13. The number of para-hydroxylation sites is 1. The number of hydrogen-bond acceptors (Lipinski definition) is 1. The van der Waals surface area contributed by atoms with Crippen molar-refractivity contribution in [3.8, 4) is 5.75 Å². The molecule has 1 nitrogen and oxygen atoms in total. The Kier molecular flexibility index (Phi) is 5.04. The zero-order valence-corrected chi connectivity index (χ0v) is 10.7. The molecular weight excluding hydrogens is 254 g/mol. The number of ether oxygens (including phenoxy) is 1. The van der Waals surface area contributed by atoms with Crippen LogP contribution in [0.4, 0.5) is 0 Å². The normalized spacial score (nSPS) is 11.5. The molecule has 0 saturated heterocycles. The summed E-state index contributed by atoms with van der Waals surface area (Å²) in [4.78, 5) is 0. The maximum absolute atomic E-state index is 5.62. The lowest BCUT2D eigenvalue weighted by Crippen LogP contribution is -2.06. The molecule has 0 spiro atoms. The van der Waals surface area contributed by atoms with E-state index in [1.807, 2.05) is 31.2 Å². The molecule has 15 heavy (non-hydrogen) atoms. The molecule has 0 heterocycles. The molecular formula is C11H13Cl3O. The molecule has 0 N–H and O–H groups in total. The molecule has 84 valence electrons. The highest BCUT2D eigenvalue weighted by Crippen LogP contribution is 2.31. The SMILES string of the molecule is Cc1ccccc1OCCCC(Cl)(Cl)Cl. The average molecular weight is 268 g/mol. The van der Waals surface area contributed by atoms with E-state index in [0.717, 1.165) is 17.7 Å². The minimum Gasteiger partial charge on any atom is -0.493 e. The van der Waals surface area contributed by atoms with Crippen molar-refractivity contribution in [2.45, 2.75) is 23.6 Å². The Hall–Kier alpha value is -0.110. The summed E-state index contributed by atoms with van der Waals surface area (Å²) in [5.74, 6) is 0.891. The van der Waals surface area contributed by atoms with Crippen molar-refractivity contribution in [2.24, 2.45) is 0 Å². The van der Waals surface area contributed by atoms with Crippen molar-refractivity contribution >= 4 is 34.8 Å². The van der Waals surface area contributed by atoms with Crippen molar-refractivity contribution in [3.63, 3.8) is 0 Å².